The van der Waals surface area contributed by atoms with E-state index in [9.17, 15) is 8.42 Å². The molecule has 0 spiro atoms. The molecule has 1 heterocycles. The molecule has 0 saturated carbocycles. The summed E-state index contributed by atoms with van der Waals surface area (Å²) in [5.74, 6) is 0.566. The minimum Gasteiger partial charge on any atom is -0.449 e. The smallest absolute Gasteiger partial charge is 0.240 e. The summed E-state index contributed by atoms with van der Waals surface area (Å²) in [4.78, 5) is 4.37. The van der Waals surface area contributed by atoms with E-state index in [1.54, 1.807) is 19.1 Å². The van der Waals surface area contributed by atoms with Crippen molar-refractivity contribution < 1.29 is 12.8 Å². The third kappa shape index (κ3) is 3.19. The van der Waals surface area contributed by atoms with Gasteiger partial charge in [-0.3, -0.25) is 0 Å². The van der Waals surface area contributed by atoms with Gasteiger partial charge in [-0.25, -0.2) is 18.1 Å². The van der Waals surface area contributed by atoms with Crippen LogP contribution in [0.5, 0.6) is 0 Å². The van der Waals surface area contributed by atoms with Crippen LogP contribution in [0.2, 0.25) is 0 Å². The quantitative estimate of drug-likeness (QED) is 0.848. The van der Waals surface area contributed by atoms with Crippen LogP contribution in [-0.4, -0.2) is 26.5 Å². The van der Waals surface area contributed by atoms with Gasteiger partial charge in [-0.15, -0.1) is 0 Å². The van der Waals surface area contributed by atoms with Gasteiger partial charge in [0.15, 0.2) is 5.89 Å². The lowest BCUT2D eigenvalue weighted by Crippen LogP contribution is -2.29. The van der Waals surface area contributed by atoms with E-state index in [-0.39, 0.29) is 18.0 Å². The molecule has 19 heavy (non-hydrogen) atoms. The van der Waals surface area contributed by atoms with Gasteiger partial charge in [-0.05, 0) is 12.1 Å². The van der Waals surface area contributed by atoms with E-state index in [4.69, 9.17) is 10.2 Å². The molecule has 0 amide bonds. The maximum Gasteiger partial charge on any atom is 0.240 e. The highest BCUT2D eigenvalue weighted by Gasteiger charge is 2.13. The molecule has 0 aliphatic heterocycles. The second kappa shape index (κ2) is 5.52. The van der Waals surface area contributed by atoms with Gasteiger partial charge < -0.3 is 10.2 Å². The Morgan fingerprint density at radius 1 is 1.32 bits per heavy atom. The van der Waals surface area contributed by atoms with Crippen molar-refractivity contribution in [2.45, 2.75) is 11.8 Å². The highest BCUT2D eigenvalue weighted by Crippen LogP contribution is 2.20. The zero-order chi connectivity index (χ0) is 13.9. The Hall–Kier alpha value is -1.70. The van der Waals surface area contributed by atoms with Crippen LogP contribution in [0.25, 0.3) is 11.3 Å². The summed E-state index contributed by atoms with van der Waals surface area (Å²) in [6.45, 7) is 2.22. The van der Waals surface area contributed by atoms with Gasteiger partial charge in [-0.1, -0.05) is 12.1 Å². The number of nitrogens with zero attached hydrogens (tertiary/aromatic N) is 1. The predicted molar refractivity (Wildman–Crippen MR) is 70.9 cm³/mol. The summed E-state index contributed by atoms with van der Waals surface area (Å²) in [5.41, 5.74) is 6.75. The van der Waals surface area contributed by atoms with Crippen LogP contribution in [0.3, 0.4) is 0 Å². The van der Waals surface area contributed by atoms with Crippen molar-refractivity contribution >= 4 is 10.0 Å². The molecule has 0 aliphatic rings. The molecule has 1 aromatic heterocycles. The van der Waals surface area contributed by atoms with Gasteiger partial charge in [0.25, 0.3) is 0 Å². The number of hydrogen-bond donors (Lipinski definition) is 2. The first-order valence-corrected chi connectivity index (χ1v) is 7.23. The number of benzene rings is 1. The van der Waals surface area contributed by atoms with E-state index >= 15 is 0 Å². The Labute approximate surface area is 111 Å². The van der Waals surface area contributed by atoms with Crippen LogP contribution in [-0.2, 0) is 10.0 Å². The maximum absolute atomic E-state index is 11.8. The fourth-order valence-electron chi connectivity index (χ4n) is 1.58. The lowest BCUT2D eigenvalue weighted by Gasteiger charge is -2.05. The number of rotatable bonds is 5. The minimum absolute atomic E-state index is 0.199. The molecular weight excluding hydrogens is 266 g/mol. The number of aromatic nitrogens is 1. The number of hydrogen-bond acceptors (Lipinski definition) is 5. The van der Waals surface area contributed by atoms with Gasteiger partial charge in [0.2, 0.25) is 10.0 Å². The number of nitrogens with one attached hydrogen (secondary N) is 1. The molecule has 0 unspecified atom stereocenters. The first kappa shape index (κ1) is 13.7. The average Bonchev–Trinajstić information content (AvgIpc) is 2.83. The summed E-state index contributed by atoms with van der Waals surface area (Å²) in [7, 11) is -3.49. The van der Waals surface area contributed by atoms with Crippen molar-refractivity contribution in [1.82, 2.24) is 9.71 Å². The number of sulfonamides is 1. The molecule has 3 N–H and O–H groups in total. The Kier molecular flexibility index (Phi) is 3.98. The van der Waals surface area contributed by atoms with Gasteiger partial charge in [0, 0.05) is 25.6 Å². The van der Waals surface area contributed by atoms with E-state index in [0.717, 1.165) is 5.56 Å². The second-order valence-corrected chi connectivity index (χ2v) is 5.73. The summed E-state index contributed by atoms with van der Waals surface area (Å²) in [6.07, 6.45) is 1.53. The zero-order valence-corrected chi connectivity index (χ0v) is 11.3. The van der Waals surface area contributed by atoms with Gasteiger partial charge in [-0.2, -0.15) is 0 Å². The van der Waals surface area contributed by atoms with Crippen LogP contribution < -0.4 is 10.5 Å². The zero-order valence-electron chi connectivity index (χ0n) is 10.5. The number of oxazole rings is 1. The molecule has 2 rings (SSSR count). The first-order chi connectivity index (χ1) is 9.03. The molecule has 0 saturated heterocycles. The standard InChI is InChI=1S/C12H15N3O3S/c1-9-15-12(8-18-9)10-2-4-11(5-3-10)19(16,17)14-7-6-13/h2-5,8,14H,6-7,13H2,1H3. The van der Waals surface area contributed by atoms with Crippen LogP contribution in [0.15, 0.2) is 39.8 Å². The minimum atomic E-state index is -3.49. The van der Waals surface area contributed by atoms with Crippen LogP contribution in [0.4, 0.5) is 0 Å². The molecule has 102 valence electrons. The van der Waals surface area contributed by atoms with E-state index in [0.29, 0.717) is 11.6 Å². The van der Waals surface area contributed by atoms with Crippen molar-refractivity contribution in [1.29, 1.82) is 0 Å². The molecule has 1 aromatic carbocycles. The van der Waals surface area contributed by atoms with Crippen LogP contribution in [0.1, 0.15) is 5.89 Å². The molecular formula is C12H15N3O3S. The van der Waals surface area contributed by atoms with Crippen molar-refractivity contribution in [2.75, 3.05) is 13.1 Å². The highest BCUT2D eigenvalue weighted by molar-refractivity contribution is 7.89. The van der Waals surface area contributed by atoms with Crippen LogP contribution >= 0.6 is 0 Å². The average molecular weight is 281 g/mol. The van der Waals surface area contributed by atoms with Crippen molar-refractivity contribution in [2.24, 2.45) is 5.73 Å². The Morgan fingerprint density at radius 2 is 2.00 bits per heavy atom. The van der Waals surface area contributed by atoms with Crippen molar-refractivity contribution in [3.8, 4) is 11.3 Å². The largest absolute Gasteiger partial charge is 0.449 e. The normalized spacial score (nSPS) is 11.7. The topological polar surface area (TPSA) is 98.2 Å². The number of nitrogens with two attached hydrogens (primary N) is 1. The van der Waals surface area contributed by atoms with Gasteiger partial charge in [0.05, 0.1) is 4.90 Å². The molecule has 2 aromatic rings. The monoisotopic (exact) mass is 281 g/mol. The molecule has 0 atom stereocenters. The van der Waals surface area contributed by atoms with E-state index in [2.05, 4.69) is 9.71 Å². The molecule has 0 fully saturated rings. The molecule has 0 bridgehead atoms. The summed E-state index contributed by atoms with van der Waals surface area (Å²) in [5, 5.41) is 0. The lowest BCUT2D eigenvalue weighted by atomic mass is 10.2. The Morgan fingerprint density at radius 3 is 2.53 bits per heavy atom. The van der Waals surface area contributed by atoms with E-state index in [1.165, 1.54) is 18.4 Å². The summed E-state index contributed by atoms with van der Waals surface area (Å²) >= 11 is 0. The number of aryl methyl sites for hydroxylation is 1. The van der Waals surface area contributed by atoms with E-state index < -0.39 is 10.0 Å². The molecule has 6 nitrogen and oxygen atoms in total. The highest BCUT2D eigenvalue weighted by atomic mass is 32.2. The second-order valence-electron chi connectivity index (χ2n) is 3.96. The maximum atomic E-state index is 11.8. The third-order valence-electron chi connectivity index (χ3n) is 2.52. The van der Waals surface area contributed by atoms with Crippen LogP contribution in [0, 0.1) is 6.92 Å². The Bertz CT molecular complexity index is 647. The fourth-order valence-corrected chi connectivity index (χ4v) is 2.63. The van der Waals surface area contributed by atoms with E-state index in [1.807, 2.05) is 0 Å². The molecule has 0 aliphatic carbocycles. The fraction of sp³-hybridized carbons (Fsp3) is 0.250. The van der Waals surface area contributed by atoms with Crippen molar-refractivity contribution in [3.05, 3.63) is 36.4 Å². The molecule has 7 heteroatoms. The van der Waals surface area contributed by atoms with Gasteiger partial charge >= 0.3 is 0 Å². The predicted octanol–water partition coefficient (Wildman–Crippen LogP) is 0.887. The SMILES string of the molecule is Cc1nc(-c2ccc(S(=O)(=O)NCCN)cc2)co1. The summed E-state index contributed by atoms with van der Waals surface area (Å²) in [6, 6.07) is 6.43. The first-order valence-electron chi connectivity index (χ1n) is 5.75. The van der Waals surface area contributed by atoms with Gasteiger partial charge in [0.1, 0.15) is 12.0 Å². The Balaban J connectivity index is 2.23. The van der Waals surface area contributed by atoms with Crippen molar-refractivity contribution in [3.63, 3.8) is 0 Å². The molecule has 0 radical (unpaired) electrons. The summed E-state index contributed by atoms with van der Waals surface area (Å²) < 4.78 is 31.2. The lowest BCUT2D eigenvalue weighted by molar-refractivity contribution is 0.521. The third-order valence-corrected chi connectivity index (χ3v) is 3.99.